The Kier molecular flexibility index (Phi) is 4.76. The molecule has 8 heavy (non-hydrogen) atoms. The van der Waals surface area contributed by atoms with Crippen molar-refractivity contribution in [1.29, 1.82) is 0 Å². The average molecular weight is 120 g/mol. The van der Waals surface area contributed by atoms with Crippen LogP contribution in [0.3, 0.4) is 0 Å². The van der Waals surface area contributed by atoms with E-state index in [0.29, 0.717) is 0 Å². The van der Waals surface area contributed by atoms with Crippen molar-refractivity contribution in [1.82, 2.24) is 27.1 Å². The Morgan fingerprint density at radius 3 is 2.50 bits per heavy atom. The molecule has 0 aromatic carbocycles. The first-order chi connectivity index (χ1) is 3.81. The van der Waals surface area contributed by atoms with E-state index < -0.39 is 0 Å². The van der Waals surface area contributed by atoms with Crippen molar-refractivity contribution in [3.05, 3.63) is 0 Å². The highest BCUT2D eigenvalue weighted by Gasteiger charge is 1.84. The Morgan fingerprint density at radius 2 is 2.12 bits per heavy atom. The fourth-order valence-corrected chi connectivity index (χ4v) is 0.172. The Hall–Kier alpha value is -0.240. The maximum Gasteiger partial charge on any atom is 0.0188 e. The van der Waals surface area contributed by atoms with Crippen LogP contribution in [-0.4, -0.2) is 19.2 Å². The van der Waals surface area contributed by atoms with Crippen molar-refractivity contribution in [3.8, 4) is 0 Å². The second-order valence-electron chi connectivity index (χ2n) is 1.16. The fraction of sp³-hybridized carbons (Fsp3) is 1.00. The second kappa shape index (κ2) is 4.91. The van der Waals surface area contributed by atoms with Crippen LogP contribution in [0.25, 0.3) is 0 Å². The van der Waals surface area contributed by atoms with E-state index in [1.807, 2.05) is 0 Å². The molecule has 0 aromatic rings. The van der Waals surface area contributed by atoms with Crippen molar-refractivity contribution >= 4 is 0 Å². The predicted octanol–water partition coefficient (Wildman–Crippen LogP) is -2.56. The molecule has 0 aliphatic rings. The highest BCUT2D eigenvalue weighted by Crippen LogP contribution is 1.51. The van der Waals surface area contributed by atoms with Crippen LogP contribution in [0, 0.1) is 0 Å². The van der Waals surface area contributed by atoms with Gasteiger partial charge in [0.25, 0.3) is 0 Å². The lowest BCUT2D eigenvalue weighted by Gasteiger charge is -2.15. The zero-order chi connectivity index (χ0) is 6.41. The molecule has 0 aliphatic carbocycles. The summed E-state index contributed by atoms with van der Waals surface area (Å²) in [4.78, 5) is 0. The minimum atomic E-state index is 1.58. The quantitative estimate of drug-likeness (QED) is 0.207. The van der Waals surface area contributed by atoms with Gasteiger partial charge in [-0.25, -0.2) is 5.43 Å². The lowest BCUT2D eigenvalue weighted by atomic mass is 11.3. The Balaban J connectivity index is 2.86. The van der Waals surface area contributed by atoms with Crippen molar-refractivity contribution in [2.75, 3.05) is 14.1 Å². The normalized spacial score (nSPS) is 10.5. The summed E-state index contributed by atoms with van der Waals surface area (Å²) in [5, 5.41) is 1.58. The number of rotatable bonds is 4. The molecule has 0 atom stereocenters. The summed E-state index contributed by atoms with van der Waals surface area (Å²) in [5.74, 6) is 4.85. The first kappa shape index (κ1) is 7.76. The topological polar surface area (TPSA) is 77.4 Å². The van der Waals surface area contributed by atoms with E-state index in [1.165, 1.54) is 0 Å². The minimum absolute atomic E-state index is 1.58. The number of nitrogens with two attached hydrogens (primary N) is 1. The predicted molar refractivity (Wildman–Crippen MR) is 30.4 cm³/mol. The van der Waals surface area contributed by atoms with E-state index in [-0.39, 0.29) is 0 Å². The van der Waals surface area contributed by atoms with Gasteiger partial charge in [-0.1, -0.05) is 0 Å². The maximum absolute atomic E-state index is 4.85. The van der Waals surface area contributed by atoms with Crippen molar-refractivity contribution < 1.29 is 0 Å². The first-order valence-electron chi connectivity index (χ1n) is 2.18. The zero-order valence-electron chi connectivity index (χ0n) is 5.02. The Bertz CT molecular complexity index is 45.8. The summed E-state index contributed by atoms with van der Waals surface area (Å²) in [6.45, 7) is 0. The molecule has 0 spiro atoms. The Morgan fingerprint density at radius 1 is 1.50 bits per heavy atom. The largest absolute Gasteiger partial charge is 0.257 e. The molecule has 0 heterocycles. The second-order valence-corrected chi connectivity index (χ2v) is 1.16. The summed E-state index contributed by atoms with van der Waals surface area (Å²) in [7, 11) is 3.55. The number of hydrogen-bond donors (Lipinski definition) is 5. The van der Waals surface area contributed by atoms with Crippen LogP contribution in [0.5, 0.6) is 0 Å². The number of hydrazine groups is 5. The fourth-order valence-electron chi connectivity index (χ4n) is 0.172. The van der Waals surface area contributed by atoms with Gasteiger partial charge in [0.2, 0.25) is 0 Å². The average Bonchev–Trinajstić information content (AvgIpc) is 1.83. The van der Waals surface area contributed by atoms with Gasteiger partial charge in [-0.15, -0.1) is 0 Å². The molecule has 6 heteroatoms. The highest BCUT2D eigenvalue weighted by molar-refractivity contribution is 4.16. The molecule has 50 valence electrons. The van der Waals surface area contributed by atoms with Gasteiger partial charge in [0.1, 0.15) is 0 Å². The standard InChI is InChI=1S/C2H12N6/c1-4-8(2)7-6-5-3/h4-7H,3H2,1-2H3. The van der Waals surface area contributed by atoms with E-state index in [2.05, 4.69) is 22.0 Å². The lowest BCUT2D eigenvalue weighted by molar-refractivity contribution is 0.121. The third-order valence-corrected chi connectivity index (χ3v) is 0.631. The van der Waals surface area contributed by atoms with Gasteiger partial charge in [0.15, 0.2) is 0 Å². The molecule has 0 amide bonds. The van der Waals surface area contributed by atoms with Gasteiger partial charge >= 0.3 is 0 Å². The highest BCUT2D eigenvalue weighted by atomic mass is 15.9. The molecule has 0 fully saturated rings. The van der Waals surface area contributed by atoms with E-state index in [9.17, 15) is 0 Å². The third kappa shape index (κ3) is 3.93. The smallest absolute Gasteiger partial charge is 0.0188 e. The molecule has 0 bridgehead atoms. The maximum atomic E-state index is 4.85. The molecular weight excluding hydrogens is 108 g/mol. The molecular formula is C2H12N6. The van der Waals surface area contributed by atoms with Gasteiger partial charge < -0.3 is 0 Å². The number of nitrogens with zero attached hydrogens (tertiary/aromatic N) is 1. The first-order valence-corrected chi connectivity index (χ1v) is 2.18. The molecule has 0 radical (unpaired) electrons. The van der Waals surface area contributed by atoms with Crippen LogP contribution in [0.2, 0.25) is 0 Å². The van der Waals surface area contributed by atoms with Crippen LogP contribution < -0.4 is 27.9 Å². The van der Waals surface area contributed by atoms with Crippen LogP contribution >= 0.6 is 0 Å². The molecule has 0 saturated carbocycles. The van der Waals surface area contributed by atoms with E-state index >= 15 is 0 Å². The van der Waals surface area contributed by atoms with Crippen LogP contribution in [0.4, 0.5) is 0 Å². The SMILES string of the molecule is CNN(C)NNNN. The van der Waals surface area contributed by atoms with Gasteiger partial charge in [0.05, 0.1) is 0 Å². The summed E-state index contributed by atoms with van der Waals surface area (Å²) in [6.07, 6.45) is 0. The van der Waals surface area contributed by atoms with E-state index in [1.54, 1.807) is 19.2 Å². The van der Waals surface area contributed by atoms with Gasteiger partial charge in [0, 0.05) is 14.1 Å². The van der Waals surface area contributed by atoms with Gasteiger partial charge in [-0.2, -0.15) is 21.7 Å². The summed E-state index contributed by atoms with van der Waals surface area (Å²) >= 11 is 0. The van der Waals surface area contributed by atoms with Crippen LogP contribution in [0.15, 0.2) is 0 Å². The lowest BCUT2D eigenvalue weighted by Crippen LogP contribution is -2.57. The van der Waals surface area contributed by atoms with E-state index in [4.69, 9.17) is 5.84 Å². The summed E-state index contributed by atoms with van der Waals surface area (Å²) in [5.41, 5.74) is 10.0. The monoisotopic (exact) mass is 120 g/mol. The summed E-state index contributed by atoms with van der Waals surface area (Å²) < 4.78 is 0. The van der Waals surface area contributed by atoms with Crippen molar-refractivity contribution in [2.24, 2.45) is 5.84 Å². The van der Waals surface area contributed by atoms with Crippen molar-refractivity contribution in [3.63, 3.8) is 0 Å². The molecule has 0 rings (SSSR count). The van der Waals surface area contributed by atoms with Gasteiger partial charge in [-0.05, 0) is 0 Å². The molecule has 0 saturated heterocycles. The summed E-state index contributed by atoms with van der Waals surface area (Å²) in [6, 6.07) is 0. The van der Waals surface area contributed by atoms with Crippen LogP contribution in [0.1, 0.15) is 0 Å². The van der Waals surface area contributed by atoms with Gasteiger partial charge in [-0.3, -0.25) is 5.84 Å². The third-order valence-electron chi connectivity index (χ3n) is 0.631. The molecule has 0 unspecified atom stereocenters. The number of hydrogen-bond acceptors (Lipinski definition) is 6. The molecule has 0 aliphatic heterocycles. The van der Waals surface area contributed by atoms with Crippen molar-refractivity contribution in [2.45, 2.75) is 0 Å². The van der Waals surface area contributed by atoms with E-state index in [0.717, 1.165) is 0 Å². The Labute approximate surface area is 48.3 Å². The number of nitrogens with one attached hydrogen (secondary N) is 4. The molecule has 0 aromatic heterocycles. The molecule has 6 N–H and O–H groups in total. The minimum Gasteiger partial charge on any atom is -0.257 e. The zero-order valence-corrected chi connectivity index (χ0v) is 5.02. The van der Waals surface area contributed by atoms with Crippen LogP contribution in [-0.2, 0) is 0 Å². The molecule has 6 nitrogen and oxygen atoms in total.